The maximum absolute atomic E-state index is 14.5. The van der Waals surface area contributed by atoms with Crippen LogP contribution >= 0.6 is 11.3 Å². The Morgan fingerprint density at radius 2 is 1.94 bits per heavy atom. The quantitative estimate of drug-likeness (QED) is 0.642. The lowest BCUT2D eigenvalue weighted by Gasteiger charge is -2.47. The number of nitrogens with one attached hydrogen (secondary N) is 2. The van der Waals surface area contributed by atoms with Crippen LogP contribution < -0.4 is 15.4 Å². The number of aromatic nitrogens is 1. The predicted molar refractivity (Wildman–Crippen MR) is 144 cm³/mol. The summed E-state index contributed by atoms with van der Waals surface area (Å²) in [6.45, 7) is 6.24. The van der Waals surface area contributed by atoms with Crippen LogP contribution in [0.3, 0.4) is 0 Å². The molecular weight excluding hydrogens is 468 g/mol. The summed E-state index contributed by atoms with van der Waals surface area (Å²) in [5.41, 5.74) is 2.30. The van der Waals surface area contributed by atoms with E-state index in [1.807, 2.05) is 11.3 Å². The van der Waals surface area contributed by atoms with E-state index >= 15 is 0 Å². The van der Waals surface area contributed by atoms with Crippen molar-refractivity contribution in [2.75, 3.05) is 33.3 Å². The standard InChI is InChI=1S/C29H40N4O2S/c1-19-32-24-16-31-18-29(27(24)36-19)17-30-15-23(29)28(34)33-13-12-21(22-10-6-7-11-26(22)35-2)14-25(33)20-8-4-3-5-9-20/h6-7,10-11,20-21,23,25,30-31H,3-5,8-9,12-18H2,1-2H3/t21-,23+,25+,29+/m1/s1. The number of rotatable bonds is 4. The Labute approximate surface area is 219 Å². The molecule has 194 valence electrons. The Kier molecular flexibility index (Phi) is 6.82. The number of hydrogen-bond acceptors (Lipinski definition) is 6. The Balaban J connectivity index is 1.30. The number of hydrogen-bond donors (Lipinski definition) is 2. The molecule has 0 radical (unpaired) electrons. The Morgan fingerprint density at radius 1 is 1.14 bits per heavy atom. The summed E-state index contributed by atoms with van der Waals surface area (Å²) in [7, 11) is 1.77. The van der Waals surface area contributed by atoms with Gasteiger partial charge in [-0.1, -0.05) is 37.5 Å². The van der Waals surface area contributed by atoms with Gasteiger partial charge in [0, 0.05) is 49.1 Å². The van der Waals surface area contributed by atoms with Crippen LogP contribution in [0.2, 0.25) is 0 Å². The maximum atomic E-state index is 14.5. The van der Waals surface area contributed by atoms with E-state index in [0.29, 0.717) is 23.8 Å². The molecule has 3 fully saturated rings. The van der Waals surface area contributed by atoms with Crippen molar-refractivity contribution in [3.05, 3.63) is 45.4 Å². The molecule has 6 nitrogen and oxygen atoms in total. The van der Waals surface area contributed by atoms with Crippen LogP contribution in [0.25, 0.3) is 0 Å². The van der Waals surface area contributed by atoms with Gasteiger partial charge in [-0.2, -0.15) is 0 Å². The fraction of sp³-hybridized carbons (Fsp3) is 0.655. The number of para-hydroxylation sites is 1. The highest BCUT2D eigenvalue weighted by Gasteiger charge is 2.54. The second-order valence-electron chi connectivity index (χ2n) is 11.4. The molecule has 2 saturated heterocycles. The van der Waals surface area contributed by atoms with E-state index in [9.17, 15) is 4.79 Å². The zero-order valence-electron chi connectivity index (χ0n) is 21.7. The van der Waals surface area contributed by atoms with Gasteiger partial charge in [0.1, 0.15) is 5.75 Å². The van der Waals surface area contributed by atoms with Gasteiger partial charge in [-0.15, -0.1) is 11.3 Å². The average molecular weight is 509 g/mol. The molecule has 2 aromatic rings. The average Bonchev–Trinajstić information content (AvgIpc) is 3.52. The number of benzene rings is 1. The number of likely N-dealkylation sites (tertiary alicyclic amines) is 1. The van der Waals surface area contributed by atoms with Crippen LogP contribution in [0.4, 0.5) is 0 Å². The largest absolute Gasteiger partial charge is 0.496 e. The zero-order valence-corrected chi connectivity index (χ0v) is 22.5. The predicted octanol–water partition coefficient (Wildman–Crippen LogP) is 4.38. The number of methoxy groups -OCH3 is 1. The number of amides is 1. The third-order valence-corrected chi connectivity index (χ3v) is 10.7. The Hall–Kier alpha value is -1.96. The Morgan fingerprint density at radius 3 is 2.78 bits per heavy atom. The number of thiazole rings is 1. The highest BCUT2D eigenvalue weighted by atomic mass is 32.1. The highest BCUT2D eigenvalue weighted by molar-refractivity contribution is 7.11. The van der Waals surface area contributed by atoms with Crippen LogP contribution in [-0.4, -0.2) is 55.1 Å². The van der Waals surface area contributed by atoms with Gasteiger partial charge in [0.15, 0.2) is 0 Å². The lowest BCUT2D eigenvalue weighted by molar-refractivity contribution is -0.142. The summed E-state index contributed by atoms with van der Waals surface area (Å²) in [5, 5.41) is 8.34. The number of piperidine rings is 1. The normalized spacial score (nSPS) is 30.9. The lowest BCUT2D eigenvalue weighted by Crippen LogP contribution is -2.57. The number of aryl methyl sites for hydroxylation is 1. The van der Waals surface area contributed by atoms with Gasteiger partial charge < -0.3 is 20.3 Å². The minimum atomic E-state index is -0.173. The molecule has 1 aromatic carbocycles. The van der Waals surface area contributed by atoms with Crippen molar-refractivity contribution in [2.45, 2.75) is 75.8 Å². The molecule has 0 bridgehead atoms. The molecule has 4 aliphatic rings. The second kappa shape index (κ2) is 10.1. The van der Waals surface area contributed by atoms with Gasteiger partial charge in [0.25, 0.3) is 0 Å². The minimum Gasteiger partial charge on any atom is -0.496 e. The second-order valence-corrected chi connectivity index (χ2v) is 12.6. The molecule has 1 amide bonds. The SMILES string of the molecule is COc1ccccc1[C@@H]1CCN(C(=O)[C@@H]2CNC[C@]23CNCc2nc(C)sc23)[C@H](C2CCCCC2)C1. The first-order chi connectivity index (χ1) is 17.6. The molecule has 1 spiro atoms. The number of carbonyl (C=O) groups excluding carboxylic acids is 1. The molecule has 1 aromatic heterocycles. The van der Waals surface area contributed by atoms with Crippen molar-refractivity contribution in [3.63, 3.8) is 0 Å². The van der Waals surface area contributed by atoms with Crippen LogP contribution in [0, 0.1) is 18.8 Å². The van der Waals surface area contributed by atoms with E-state index in [1.54, 1.807) is 7.11 Å². The topological polar surface area (TPSA) is 66.5 Å². The van der Waals surface area contributed by atoms with Gasteiger partial charge >= 0.3 is 0 Å². The molecule has 0 unspecified atom stereocenters. The molecule has 36 heavy (non-hydrogen) atoms. The van der Waals surface area contributed by atoms with E-state index in [4.69, 9.17) is 9.72 Å². The summed E-state index contributed by atoms with van der Waals surface area (Å²) in [5.74, 6) is 2.38. The first-order valence-corrected chi connectivity index (χ1v) is 14.7. The molecule has 1 saturated carbocycles. The first-order valence-electron chi connectivity index (χ1n) is 13.9. The molecule has 6 rings (SSSR count). The first kappa shape index (κ1) is 24.4. The van der Waals surface area contributed by atoms with Gasteiger partial charge in [0.05, 0.1) is 23.7 Å². The van der Waals surface area contributed by atoms with Crippen molar-refractivity contribution in [1.29, 1.82) is 0 Å². The van der Waals surface area contributed by atoms with Gasteiger partial charge in [-0.25, -0.2) is 4.98 Å². The van der Waals surface area contributed by atoms with Crippen LogP contribution in [0.5, 0.6) is 5.75 Å². The minimum absolute atomic E-state index is 0.0298. The molecule has 2 N–H and O–H groups in total. The van der Waals surface area contributed by atoms with Gasteiger partial charge in [-0.05, 0) is 56.1 Å². The monoisotopic (exact) mass is 508 g/mol. The molecule has 4 heterocycles. The summed E-state index contributed by atoms with van der Waals surface area (Å²) < 4.78 is 5.74. The van der Waals surface area contributed by atoms with Gasteiger partial charge in [-0.3, -0.25) is 4.79 Å². The van der Waals surface area contributed by atoms with Crippen LogP contribution in [0.15, 0.2) is 24.3 Å². The van der Waals surface area contributed by atoms with Crippen molar-refractivity contribution < 1.29 is 9.53 Å². The van der Waals surface area contributed by atoms with Crippen molar-refractivity contribution in [1.82, 2.24) is 20.5 Å². The lowest BCUT2D eigenvalue weighted by atomic mass is 9.71. The van der Waals surface area contributed by atoms with Gasteiger partial charge in [0.2, 0.25) is 5.91 Å². The van der Waals surface area contributed by atoms with Crippen LogP contribution in [0.1, 0.15) is 72.0 Å². The third-order valence-electron chi connectivity index (χ3n) is 9.44. The van der Waals surface area contributed by atoms with E-state index in [0.717, 1.165) is 62.0 Å². The smallest absolute Gasteiger partial charge is 0.228 e. The molecule has 1 aliphatic carbocycles. The fourth-order valence-electron chi connectivity index (χ4n) is 7.69. The van der Waals surface area contributed by atoms with E-state index in [-0.39, 0.29) is 11.3 Å². The number of carbonyl (C=O) groups is 1. The Bertz CT molecular complexity index is 1100. The van der Waals surface area contributed by atoms with E-state index in [1.165, 1.54) is 42.5 Å². The molecular formula is C29H40N4O2S. The third kappa shape index (κ3) is 4.17. The van der Waals surface area contributed by atoms with E-state index in [2.05, 4.69) is 46.7 Å². The summed E-state index contributed by atoms with van der Waals surface area (Å²) in [4.78, 5) is 23.0. The molecule has 4 atom stereocenters. The van der Waals surface area contributed by atoms with Crippen molar-refractivity contribution in [2.24, 2.45) is 11.8 Å². The molecule has 3 aliphatic heterocycles. The van der Waals surface area contributed by atoms with Crippen molar-refractivity contribution >= 4 is 17.2 Å². The summed E-state index contributed by atoms with van der Waals surface area (Å²) >= 11 is 1.81. The molecule has 7 heteroatoms. The number of fused-ring (bicyclic) bond motifs is 2. The zero-order chi connectivity index (χ0) is 24.7. The summed E-state index contributed by atoms with van der Waals surface area (Å²) in [6, 6.07) is 8.82. The summed E-state index contributed by atoms with van der Waals surface area (Å²) in [6.07, 6.45) is 8.48. The highest BCUT2D eigenvalue weighted by Crippen LogP contribution is 2.46. The number of ether oxygens (including phenoxy) is 1. The fourth-order valence-corrected chi connectivity index (χ4v) is 8.87. The van der Waals surface area contributed by atoms with E-state index < -0.39 is 0 Å². The number of nitrogens with zero attached hydrogens (tertiary/aromatic N) is 2. The van der Waals surface area contributed by atoms with Crippen LogP contribution in [-0.2, 0) is 16.8 Å². The van der Waals surface area contributed by atoms with Crippen molar-refractivity contribution in [3.8, 4) is 5.75 Å². The maximum Gasteiger partial charge on any atom is 0.228 e.